The van der Waals surface area contributed by atoms with Crippen LogP contribution in [-0.2, 0) is 13.1 Å². The van der Waals surface area contributed by atoms with E-state index in [2.05, 4.69) is 29.9 Å². The monoisotopic (exact) mass is 326 g/mol. The molecule has 0 aliphatic rings. The Morgan fingerprint density at radius 1 is 0.708 bits per heavy atom. The van der Waals surface area contributed by atoms with Crippen LogP contribution in [0.5, 0.6) is 0 Å². The number of imidazole rings is 2. The average molecular weight is 326 g/mol. The van der Waals surface area contributed by atoms with Gasteiger partial charge < -0.3 is 20.6 Å². The van der Waals surface area contributed by atoms with Crippen molar-refractivity contribution in [2.75, 3.05) is 11.5 Å². The molecule has 0 spiro atoms. The molecule has 4 rings (SSSR count). The second-order valence-electron chi connectivity index (χ2n) is 4.92. The molecule has 0 atom stereocenters. The fourth-order valence-electron chi connectivity index (χ4n) is 2.26. The number of aryl methyl sites for hydroxylation is 2. The van der Waals surface area contributed by atoms with Gasteiger partial charge in [0.15, 0.2) is 22.9 Å². The van der Waals surface area contributed by atoms with E-state index in [-0.39, 0.29) is 0 Å². The summed E-state index contributed by atoms with van der Waals surface area (Å²) in [5.41, 5.74) is 14.1. The normalized spacial score (nSPS) is 10.8. The molecule has 24 heavy (non-hydrogen) atoms. The van der Waals surface area contributed by atoms with E-state index < -0.39 is 0 Å². The third kappa shape index (κ3) is 2.69. The zero-order valence-corrected chi connectivity index (χ0v) is 13.5. The molecule has 0 aliphatic heterocycles. The van der Waals surface area contributed by atoms with Gasteiger partial charge >= 0.3 is 0 Å². The van der Waals surface area contributed by atoms with E-state index in [0.29, 0.717) is 22.7 Å². The Bertz CT molecular complexity index is 890. The van der Waals surface area contributed by atoms with E-state index in [4.69, 9.17) is 11.5 Å². The largest absolute Gasteiger partial charge is 0.382 e. The fraction of sp³-hybridized carbons (Fsp3) is 0.286. The Morgan fingerprint density at radius 2 is 1.12 bits per heavy atom. The number of rotatable bonds is 2. The van der Waals surface area contributed by atoms with Gasteiger partial charge in [0.05, 0.1) is 12.7 Å². The first-order valence-corrected chi connectivity index (χ1v) is 7.48. The van der Waals surface area contributed by atoms with Crippen LogP contribution in [0.25, 0.3) is 22.3 Å². The van der Waals surface area contributed by atoms with E-state index in [9.17, 15) is 0 Å². The lowest BCUT2D eigenvalue weighted by atomic mass is 10.5. The van der Waals surface area contributed by atoms with Gasteiger partial charge in [-0.15, -0.1) is 0 Å². The summed E-state index contributed by atoms with van der Waals surface area (Å²) < 4.78 is 3.85. The zero-order valence-electron chi connectivity index (χ0n) is 13.5. The summed E-state index contributed by atoms with van der Waals surface area (Å²) >= 11 is 0. The maximum absolute atomic E-state index is 5.60. The standard InChI is InChI=1S/2C7H9N5/c2*1-2-12-4-11-5-6(8)9-3-10-7(5)12/h2*3-4H,2H2,1H3,(H2,8,9,10). The molecule has 10 nitrogen and oxygen atoms in total. The van der Waals surface area contributed by atoms with Gasteiger partial charge in [-0.3, -0.25) is 0 Å². The van der Waals surface area contributed by atoms with Crippen LogP contribution < -0.4 is 11.5 Å². The fourth-order valence-corrected chi connectivity index (χ4v) is 2.26. The molecule has 0 aromatic carbocycles. The van der Waals surface area contributed by atoms with Crippen molar-refractivity contribution in [3.63, 3.8) is 0 Å². The summed E-state index contributed by atoms with van der Waals surface area (Å²) in [6, 6.07) is 0. The third-order valence-electron chi connectivity index (χ3n) is 3.54. The minimum atomic E-state index is 0.437. The number of nitrogens with two attached hydrogens (primary N) is 2. The SMILES string of the molecule is CCn1cnc2c(N)ncnc21.CCn1cnc2c(N)ncnc21. The predicted molar refractivity (Wildman–Crippen MR) is 90.8 cm³/mol. The molecular formula is C14H18N10. The maximum Gasteiger partial charge on any atom is 0.165 e. The molecule has 10 heteroatoms. The van der Waals surface area contributed by atoms with Crippen LogP contribution in [0.4, 0.5) is 11.6 Å². The van der Waals surface area contributed by atoms with Gasteiger partial charge in [-0.25, -0.2) is 29.9 Å². The average Bonchev–Trinajstić information content (AvgIpc) is 3.20. The van der Waals surface area contributed by atoms with Crippen LogP contribution in [0.2, 0.25) is 0 Å². The molecule has 0 amide bonds. The topological polar surface area (TPSA) is 139 Å². The molecule has 0 saturated carbocycles. The van der Waals surface area contributed by atoms with E-state index in [1.807, 2.05) is 23.0 Å². The number of anilines is 2. The summed E-state index contributed by atoms with van der Waals surface area (Å²) in [5.74, 6) is 0.874. The van der Waals surface area contributed by atoms with Crippen molar-refractivity contribution in [1.82, 2.24) is 39.0 Å². The highest BCUT2D eigenvalue weighted by molar-refractivity contribution is 5.81. The first-order chi connectivity index (χ1) is 11.7. The maximum atomic E-state index is 5.60. The van der Waals surface area contributed by atoms with Crippen molar-refractivity contribution in [2.24, 2.45) is 0 Å². The second-order valence-corrected chi connectivity index (χ2v) is 4.92. The summed E-state index contributed by atoms with van der Waals surface area (Å²) in [4.78, 5) is 24.1. The Morgan fingerprint density at radius 3 is 1.50 bits per heavy atom. The lowest BCUT2D eigenvalue weighted by molar-refractivity contribution is 0.777. The van der Waals surface area contributed by atoms with Gasteiger partial charge in [0.1, 0.15) is 23.7 Å². The van der Waals surface area contributed by atoms with Crippen LogP contribution in [-0.4, -0.2) is 39.0 Å². The molecule has 0 aliphatic carbocycles. The van der Waals surface area contributed by atoms with Crippen LogP contribution in [0.15, 0.2) is 25.3 Å². The zero-order chi connectivity index (χ0) is 17.1. The van der Waals surface area contributed by atoms with E-state index in [1.165, 1.54) is 12.7 Å². The van der Waals surface area contributed by atoms with E-state index >= 15 is 0 Å². The summed E-state index contributed by atoms with van der Waals surface area (Å²) in [6.07, 6.45) is 6.34. The summed E-state index contributed by atoms with van der Waals surface area (Å²) in [5, 5.41) is 0. The number of nitrogen functional groups attached to an aromatic ring is 2. The summed E-state index contributed by atoms with van der Waals surface area (Å²) in [7, 11) is 0. The smallest absolute Gasteiger partial charge is 0.165 e. The van der Waals surface area contributed by atoms with Crippen molar-refractivity contribution in [3.8, 4) is 0 Å². The molecule has 0 bridgehead atoms. The van der Waals surface area contributed by atoms with Gasteiger partial charge in [-0.2, -0.15) is 0 Å². The van der Waals surface area contributed by atoms with E-state index in [1.54, 1.807) is 12.7 Å². The van der Waals surface area contributed by atoms with Gasteiger partial charge in [-0.05, 0) is 13.8 Å². The lowest BCUT2D eigenvalue weighted by Crippen LogP contribution is -1.96. The highest BCUT2D eigenvalue weighted by Crippen LogP contribution is 2.14. The molecule has 0 saturated heterocycles. The molecule has 4 aromatic rings. The second kappa shape index (κ2) is 6.44. The third-order valence-corrected chi connectivity index (χ3v) is 3.54. The number of hydrogen-bond donors (Lipinski definition) is 2. The van der Waals surface area contributed by atoms with Crippen LogP contribution in [0.1, 0.15) is 13.8 Å². The Kier molecular flexibility index (Phi) is 4.18. The number of aromatic nitrogens is 8. The Hall–Kier alpha value is -3.30. The molecular weight excluding hydrogens is 308 g/mol. The first-order valence-electron chi connectivity index (χ1n) is 7.48. The van der Waals surface area contributed by atoms with E-state index in [0.717, 1.165) is 24.4 Å². The van der Waals surface area contributed by atoms with Crippen LogP contribution >= 0.6 is 0 Å². The highest BCUT2D eigenvalue weighted by Gasteiger charge is 2.05. The van der Waals surface area contributed by atoms with Crippen molar-refractivity contribution in [2.45, 2.75) is 26.9 Å². The lowest BCUT2D eigenvalue weighted by Gasteiger charge is -1.96. The predicted octanol–water partition coefficient (Wildman–Crippen LogP) is 0.857. The van der Waals surface area contributed by atoms with Crippen LogP contribution in [0.3, 0.4) is 0 Å². The Balaban J connectivity index is 0.000000141. The summed E-state index contributed by atoms with van der Waals surface area (Å²) in [6.45, 7) is 5.73. The van der Waals surface area contributed by atoms with Gasteiger partial charge in [0.25, 0.3) is 0 Å². The van der Waals surface area contributed by atoms with Crippen molar-refractivity contribution >= 4 is 34.0 Å². The minimum Gasteiger partial charge on any atom is -0.382 e. The number of nitrogens with zero attached hydrogens (tertiary/aromatic N) is 8. The number of hydrogen-bond acceptors (Lipinski definition) is 8. The van der Waals surface area contributed by atoms with Crippen molar-refractivity contribution in [1.29, 1.82) is 0 Å². The quantitative estimate of drug-likeness (QED) is 0.552. The molecule has 0 fully saturated rings. The van der Waals surface area contributed by atoms with Crippen molar-refractivity contribution < 1.29 is 0 Å². The molecule has 124 valence electrons. The van der Waals surface area contributed by atoms with Gasteiger partial charge in [0, 0.05) is 13.1 Å². The molecule has 4 heterocycles. The van der Waals surface area contributed by atoms with Crippen molar-refractivity contribution in [3.05, 3.63) is 25.3 Å². The Labute approximate surface area is 137 Å². The number of fused-ring (bicyclic) bond motifs is 2. The van der Waals surface area contributed by atoms with Crippen LogP contribution in [0, 0.1) is 0 Å². The molecule has 0 radical (unpaired) electrons. The van der Waals surface area contributed by atoms with Gasteiger partial charge in [-0.1, -0.05) is 0 Å². The minimum absolute atomic E-state index is 0.437. The highest BCUT2D eigenvalue weighted by atomic mass is 15.1. The van der Waals surface area contributed by atoms with Gasteiger partial charge in [0.2, 0.25) is 0 Å². The molecule has 0 unspecified atom stereocenters. The first kappa shape index (κ1) is 15.6. The molecule has 4 N–H and O–H groups in total. The molecule has 4 aromatic heterocycles.